The molecule has 2 aromatic rings. The molecule has 1 unspecified atom stereocenters. The molecule has 0 bridgehead atoms. The van der Waals surface area contributed by atoms with Gasteiger partial charge in [0.15, 0.2) is 5.82 Å². The number of nitrogens with zero attached hydrogens (tertiary/aromatic N) is 4. The highest BCUT2D eigenvalue weighted by atomic mass is 15.3. The first-order valence-electron chi connectivity index (χ1n) is 4.70. The highest BCUT2D eigenvalue weighted by molar-refractivity contribution is 5.15. The lowest BCUT2D eigenvalue weighted by atomic mass is 10.2. The lowest BCUT2D eigenvalue weighted by molar-refractivity contribution is 0.692. The Bertz CT molecular complexity index is 445. The van der Waals surface area contributed by atoms with Gasteiger partial charge in [0.1, 0.15) is 6.04 Å². The second kappa shape index (κ2) is 3.78. The molecule has 5 heteroatoms. The Hall–Kier alpha value is -1.75. The van der Waals surface area contributed by atoms with Crippen molar-refractivity contribution in [1.82, 2.24) is 19.7 Å². The van der Waals surface area contributed by atoms with E-state index in [1.807, 2.05) is 26.2 Å². The van der Waals surface area contributed by atoms with E-state index in [1.165, 1.54) is 0 Å². The van der Waals surface area contributed by atoms with E-state index in [1.54, 1.807) is 17.1 Å². The van der Waals surface area contributed by atoms with E-state index < -0.39 is 0 Å². The standard InChI is InChI=1S/C10H13N5/c1-7-5-12-10(13-6-7)9(11)8-3-4-15(2)14-8/h3-6,9H,11H2,1-2H3. The Morgan fingerprint density at radius 2 is 2.00 bits per heavy atom. The predicted molar refractivity (Wildman–Crippen MR) is 56.0 cm³/mol. The molecule has 0 fully saturated rings. The number of nitrogens with two attached hydrogens (primary N) is 1. The molecule has 5 nitrogen and oxygen atoms in total. The van der Waals surface area contributed by atoms with Crippen LogP contribution >= 0.6 is 0 Å². The van der Waals surface area contributed by atoms with Gasteiger partial charge in [-0.25, -0.2) is 9.97 Å². The molecule has 2 N–H and O–H groups in total. The maximum atomic E-state index is 5.98. The third-order valence-electron chi connectivity index (χ3n) is 2.13. The van der Waals surface area contributed by atoms with Crippen molar-refractivity contribution >= 4 is 0 Å². The van der Waals surface area contributed by atoms with E-state index in [0.29, 0.717) is 5.82 Å². The lowest BCUT2D eigenvalue weighted by Gasteiger charge is -2.06. The normalized spacial score (nSPS) is 12.7. The van der Waals surface area contributed by atoms with Crippen molar-refractivity contribution in [3.63, 3.8) is 0 Å². The zero-order valence-corrected chi connectivity index (χ0v) is 8.75. The molecule has 0 saturated carbocycles. The summed E-state index contributed by atoms with van der Waals surface area (Å²) >= 11 is 0. The van der Waals surface area contributed by atoms with Crippen LogP contribution in [0.25, 0.3) is 0 Å². The van der Waals surface area contributed by atoms with Crippen LogP contribution in [-0.4, -0.2) is 19.7 Å². The molecule has 0 saturated heterocycles. The van der Waals surface area contributed by atoms with Crippen molar-refractivity contribution in [1.29, 1.82) is 0 Å². The van der Waals surface area contributed by atoms with E-state index in [4.69, 9.17) is 5.73 Å². The van der Waals surface area contributed by atoms with Crippen LogP contribution in [0.15, 0.2) is 24.7 Å². The summed E-state index contributed by atoms with van der Waals surface area (Å²) in [6.07, 6.45) is 5.36. The summed E-state index contributed by atoms with van der Waals surface area (Å²) in [6, 6.07) is 1.51. The minimum atomic E-state index is -0.355. The third-order valence-corrected chi connectivity index (χ3v) is 2.13. The van der Waals surface area contributed by atoms with Crippen molar-refractivity contribution in [2.24, 2.45) is 12.8 Å². The highest BCUT2D eigenvalue weighted by Crippen LogP contribution is 2.12. The van der Waals surface area contributed by atoms with Gasteiger partial charge in [-0.3, -0.25) is 4.68 Å². The number of rotatable bonds is 2. The van der Waals surface area contributed by atoms with Crippen molar-refractivity contribution < 1.29 is 0 Å². The minimum Gasteiger partial charge on any atom is -0.316 e. The summed E-state index contributed by atoms with van der Waals surface area (Å²) in [6.45, 7) is 1.94. The van der Waals surface area contributed by atoms with Crippen molar-refractivity contribution in [2.45, 2.75) is 13.0 Å². The molecule has 2 rings (SSSR count). The Kier molecular flexibility index (Phi) is 2.47. The Balaban J connectivity index is 2.28. The molecule has 0 aliphatic carbocycles. The van der Waals surface area contributed by atoms with Gasteiger partial charge in [0, 0.05) is 25.6 Å². The molecule has 0 spiro atoms. The van der Waals surface area contributed by atoms with Crippen LogP contribution in [0.4, 0.5) is 0 Å². The van der Waals surface area contributed by atoms with Gasteiger partial charge < -0.3 is 5.73 Å². The van der Waals surface area contributed by atoms with Gasteiger partial charge >= 0.3 is 0 Å². The number of hydrogen-bond donors (Lipinski definition) is 1. The average Bonchev–Trinajstić information content (AvgIpc) is 2.65. The molecule has 1 atom stereocenters. The van der Waals surface area contributed by atoms with Gasteiger partial charge in [-0.05, 0) is 18.6 Å². The highest BCUT2D eigenvalue weighted by Gasteiger charge is 2.13. The molecule has 0 aliphatic heterocycles. The molecule has 2 aromatic heterocycles. The largest absolute Gasteiger partial charge is 0.316 e. The van der Waals surface area contributed by atoms with Crippen molar-refractivity contribution in [2.75, 3.05) is 0 Å². The molecule has 0 amide bonds. The smallest absolute Gasteiger partial charge is 0.151 e. The van der Waals surface area contributed by atoms with E-state index in [9.17, 15) is 0 Å². The summed E-state index contributed by atoms with van der Waals surface area (Å²) in [5.74, 6) is 0.597. The van der Waals surface area contributed by atoms with Crippen LogP contribution in [-0.2, 0) is 7.05 Å². The number of aryl methyl sites for hydroxylation is 2. The van der Waals surface area contributed by atoms with Crippen molar-refractivity contribution in [3.05, 3.63) is 41.7 Å². The van der Waals surface area contributed by atoms with E-state index in [-0.39, 0.29) is 6.04 Å². The quantitative estimate of drug-likeness (QED) is 0.774. The maximum Gasteiger partial charge on any atom is 0.151 e. The second-order valence-corrected chi connectivity index (χ2v) is 3.51. The number of hydrogen-bond acceptors (Lipinski definition) is 4. The van der Waals surface area contributed by atoms with Crippen LogP contribution in [0.5, 0.6) is 0 Å². The summed E-state index contributed by atoms with van der Waals surface area (Å²) < 4.78 is 1.71. The van der Waals surface area contributed by atoms with Crippen LogP contribution in [0, 0.1) is 6.92 Å². The fourth-order valence-corrected chi connectivity index (χ4v) is 1.29. The molecule has 78 valence electrons. The lowest BCUT2D eigenvalue weighted by Crippen LogP contribution is -2.16. The topological polar surface area (TPSA) is 69.6 Å². The zero-order valence-electron chi connectivity index (χ0n) is 8.75. The monoisotopic (exact) mass is 203 g/mol. The van der Waals surface area contributed by atoms with E-state index >= 15 is 0 Å². The van der Waals surface area contributed by atoms with Gasteiger partial charge in [0.05, 0.1) is 5.69 Å². The van der Waals surface area contributed by atoms with Gasteiger partial charge in [-0.1, -0.05) is 0 Å². The van der Waals surface area contributed by atoms with E-state index in [2.05, 4.69) is 15.1 Å². The van der Waals surface area contributed by atoms with Gasteiger partial charge in [-0.15, -0.1) is 0 Å². The SMILES string of the molecule is Cc1cnc(C(N)c2ccn(C)n2)nc1. The second-order valence-electron chi connectivity index (χ2n) is 3.51. The van der Waals surface area contributed by atoms with Crippen LogP contribution < -0.4 is 5.73 Å². The van der Waals surface area contributed by atoms with Gasteiger partial charge in [-0.2, -0.15) is 5.10 Å². The molecule has 0 aliphatic rings. The summed E-state index contributed by atoms with van der Waals surface area (Å²) in [5, 5.41) is 4.22. The van der Waals surface area contributed by atoms with Crippen LogP contribution in [0.1, 0.15) is 23.1 Å². The zero-order chi connectivity index (χ0) is 10.8. The fraction of sp³-hybridized carbons (Fsp3) is 0.300. The van der Waals surface area contributed by atoms with Crippen LogP contribution in [0.3, 0.4) is 0 Å². The summed E-state index contributed by atoms with van der Waals surface area (Å²) in [5.41, 5.74) is 7.78. The first-order chi connectivity index (χ1) is 7.16. The van der Waals surface area contributed by atoms with Gasteiger partial charge in [0.25, 0.3) is 0 Å². The third kappa shape index (κ3) is 2.02. The molecule has 2 heterocycles. The molecular weight excluding hydrogens is 190 g/mol. The van der Waals surface area contributed by atoms with Gasteiger partial charge in [0.2, 0.25) is 0 Å². The number of aromatic nitrogens is 4. The fourth-order valence-electron chi connectivity index (χ4n) is 1.29. The molecule has 15 heavy (non-hydrogen) atoms. The minimum absolute atomic E-state index is 0.355. The molecule has 0 radical (unpaired) electrons. The van der Waals surface area contributed by atoms with Crippen LogP contribution in [0.2, 0.25) is 0 Å². The van der Waals surface area contributed by atoms with Crippen molar-refractivity contribution in [3.8, 4) is 0 Å². The Morgan fingerprint density at radius 1 is 1.33 bits per heavy atom. The first kappa shape index (κ1) is 9.79. The molecule has 0 aromatic carbocycles. The summed E-state index contributed by atoms with van der Waals surface area (Å²) in [4.78, 5) is 8.36. The Labute approximate surface area is 88.0 Å². The summed E-state index contributed by atoms with van der Waals surface area (Å²) in [7, 11) is 1.85. The Morgan fingerprint density at radius 3 is 2.53 bits per heavy atom. The van der Waals surface area contributed by atoms with E-state index in [0.717, 1.165) is 11.3 Å². The molecular formula is C10H13N5. The average molecular weight is 203 g/mol. The first-order valence-corrected chi connectivity index (χ1v) is 4.70. The predicted octanol–water partition coefficient (Wildman–Crippen LogP) is 0.567. The maximum absolute atomic E-state index is 5.98.